The van der Waals surface area contributed by atoms with Gasteiger partial charge in [0.05, 0.1) is 0 Å². The molecule has 1 aliphatic carbocycles. The maximum atomic E-state index is 3.73. The van der Waals surface area contributed by atoms with Crippen molar-refractivity contribution in [2.24, 2.45) is 0 Å². The maximum Gasteiger partial charge on any atom is 0.0342 e. The number of hydrogen-bond acceptors (Lipinski definition) is 2. The molecule has 1 aliphatic heterocycles. The van der Waals surface area contributed by atoms with Crippen LogP contribution >= 0.6 is 0 Å². The minimum atomic E-state index is 0.696. The Hall–Kier alpha value is -1.02. The molecule has 3 rings (SSSR count). The largest absolute Gasteiger partial charge is 0.382 e. The van der Waals surface area contributed by atoms with Gasteiger partial charge in [0.1, 0.15) is 0 Å². The molecule has 20 heavy (non-hydrogen) atoms. The van der Waals surface area contributed by atoms with Gasteiger partial charge in [0.25, 0.3) is 0 Å². The van der Waals surface area contributed by atoms with Crippen molar-refractivity contribution < 1.29 is 0 Å². The molecule has 1 aromatic carbocycles. The van der Waals surface area contributed by atoms with Crippen LogP contribution < -0.4 is 5.32 Å². The first-order valence-corrected chi connectivity index (χ1v) is 8.48. The third kappa shape index (κ3) is 3.99. The molecular formula is C18H28N2. The Morgan fingerprint density at radius 1 is 0.850 bits per heavy atom. The summed E-state index contributed by atoms with van der Waals surface area (Å²) in [6.45, 7) is 3.69. The fourth-order valence-electron chi connectivity index (χ4n) is 3.56. The quantitative estimate of drug-likeness (QED) is 0.816. The Kier molecular flexibility index (Phi) is 4.96. The van der Waals surface area contributed by atoms with E-state index in [-0.39, 0.29) is 0 Å². The molecule has 1 aromatic rings. The average molecular weight is 272 g/mol. The van der Waals surface area contributed by atoms with E-state index in [1.54, 1.807) is 0 Å². The maximum absolute atomic E-state index is 3.73. The molecule has 1 saturated heterocycles. The monoisotopic (exact) mass is 272 g/mol. The Bertz CT molecular complexity index is 384. The zero-order valence-electron chi connectivity index (χ0n) is 12.6. The van der Waals surface area contributed by atoms with Crippen molar-refractivity contribution in [3.05, 3.63) is 29.8 Å². The lowest BCUT2D eigenvalue weighted by molar-refractivity contribution is 0.331. The molecule has 1 heterocycles. The number of rotatable bonds is 4. The molecule has 2 nitrogen and oxygen atoms in total. The van der Waals surface area contributed by atoms with Crippen LogP contribution in [0.2, 0.25) is 0 Å². The molecule has 1 saturated carbocycles. The first-order valence-electron chi connectivity index (χ1n) is 8.48. The van der Waals surface area contributed by atoms with Crippen LogP contribution in [-0.2, 0) is 6.54 Å². The summed E-state index contributed by atoms with van der Waals surface area (Å²) < 4.78 is 0. The predicted molar refractivity (Wildman–Crippen MR) is 86.1 cm³/mol. The third-order valence-corrected chi connectivity index (χ3v) is 4.78. The lowest BCUT2D eigenvalue weighted by Crippen LogP contribution is -2.19. The van der Waals surface area contributed by atoms with Gasteiger partial charge in [-0.1, -0.05) is 37.8 Å². The van der Waals surface area contributed by atoms with E-state index >= 15 is 0 Å². The van der Waals surface area contributed by atoms with E-state index in [0.29, 0.717) is 6.04 Å². The Labute approximate surface area is 123 Å². The molecule has 0 amide bonds. The summed E-state index contributed by atoms with van der Waals surface area (Å²) in [5.74, 6) is 0. The Balaban J connectivity index is 1.52. The van der Waals surface area contributed by atoms with Crippen molar-refractivity contribution in [1.82, 2.24) is 4.90 Å². The van der Waals surface area contributed by atoms with E-state index in [0.717, 1.165) is 6.54 Å². The number of likely N-dealkylation sites (tertiary alicyclic amines) is 1. The second-order valence-electron chi connectivity index (χ2n) is 6.51. The number of anilines is 1. The first-order chi connectivity index (χ1) is 9.90. The molecule has 2 fully saturated rings. The van der Waals surface area contributed by atoms with Crippen LogP contribution in [0, 0.1) is 0 Å². The smallest absolute Gasteiger partial charge is 0.0342 e. The standard InChI is InChI=1S/C18H28N2/c1-2-4-8-17(7-3-1)19-18-11-9-16(10-12-18)15-20-13-5-6-14-20/h9-12,17,19H,1-8,13-15H2. The fourth-order valence-corrected chi connectivity index (χ4v) is 3.56. The zero-order chi connectivity index (χ0) is 13.6. The summed E-state index contributed by atoms with van der Waals surface area (Å²) >= 11 is 0. The number of hydrogen-bond donors (Lipinski definition) is 1. The van der Waals surface area contributed by atoms with E-state index < -0.39 is 0 Å². The molecule has 1 N–H and O–H groups in total. The molecule has 0 unspecified atom stereocenters. The molecule has 0 bridgehead atoms. The first kappa shape index (κ1) is 13.9. The van der Waals surface area contributed by atoms with Crippen molar-refractivity contribution in [3.8, 4) is 0 Å². The SMILES string of the molecule is c1cc(NC2CCCCCC2)ccc1CN1CCCC1. The molecule has 110 valence electrons. The normalized spacial score (nSPS) is 21.8. The van der Waals surface area contributed by atoms with Gasteiger partial charge >= 0.3 is 0 Å². The van der Waals surface area contributed by atoms with Crippen molar-refractivity contribution >= 4 is 5.69 Å². The van der Waals surface area contributed by atoms with Gasteiger partial charge in [0.2, 0.25) is 0 Å². The lowest BCUT2D eigenvalue weighted by atomic mass is 10.1. The minimum absolute atomic E-state index is 0.696. The van der Waals surface area contributed by atoms with E-state index in [1.165, 1.54) is 75.7 Å². The number of nitrogens with zero attached hydrogens (tertiary/aromatic N) is 1. The van der Waals surface area contributed by atoms with Crippen LogP contribution in [0.3, 0.4) is 0 Å². The summed E-state index contributed by atoms with van der Waals surface area (Å²) in [5.41, 5.74) is 2.76. The molecule has 2 aliphatic rings. The van der Waals surface area contributed by atoms with Crippen molar-refractivity contribution in [1.29, 1.82) is 0 Å². The topological polar surface area (TPSA) is 15.3 Å². The van der Waals surface area contributed by atoms with Crippen LogP contribution in [0.25, 0.3) is 0 Å². The average Bonchev–Trinajstić information content (AvgIpc) is 2.84. The summed E-state index contributed by atoms with van der Waals surface area (Å²) in [6, 6.07) is 9.85. The van der Waals surface area contributed by atoms with E-state index in [1.807, 2.05) is 0 Å². The minimum Gasteiger partial charge on any atom is -0.382 e. The van der Waals surface area contributed by atoms with Gasteiger partial charge < -0.3 is 5.32 Å². The number of nitrogens with one attached hydrogen (secondary N) is 1. The van der Waals surface area contributed by atoms with Gasteiger partial charge in [-0.25, -0.2) is 0 Å². The fraction of sp³-hybridized carbons (Fsp3) is 0.667. The molecule has 0 spiro atoms. The van der Waals surface area contributed by atoms with E-state index in [2.05, 4.69) is 34.5 Å². The zero-order valence-corrected chi connectivity index (χ0v) is 12.6. The second-order valence-corrected chi connectivity index (χ2v) is 6.51. The van der Waals surface area contributed by atoms with Crippen molar-refractivity contribution in [2.45, 2.75) is 64.0 Å². The number of benzene rings is 1. The van der Waals surface area contributed by atoms with Crippen LogP contribution in [0.1, 0.15) is 56.9 Å². The van der Waals surface area contributed by atoms with Gasteiger partial charge in [-0.3, -0.25) is 4.90 Å². The highest BCUT2D eigenvalue weighted by Gasteiger charge is 2.13. The van der Waals surface area contributed by atoms with E-state index in [9.17, 15) is 0 Å². The van der Waals surface area contributed by atoms with Crippen molar-refractivity contribution in [2.75, 3.05) is 18.4 Å². The highest BCUT2D eigenvalue weighted by atomic mass is 15.1. The van der Waals surface area contributed by atoms with E-state index in [4.69, 9.17) is 0 Å². The predicted octanol–water partition coefficient (Wildman–Crippen LogP) is 4.42. The summed E-state index contributed by atoms with van der Waals surface area (Å²) in [6.07, 6.45) is 11.1. The van der Waals surface area contributed by atoms with Crippen LogP contribution in [0.5, 0.6) is 0 Å². The van der Waals surface area contributed by atoms with Gasteiger partial charge in [-0.05, 0) is 56.5 Å². The van der Waals surface area contributed by atoms with Crippen molar-refractivity contribution in [3.63, 3.8) is 0 Å². The second kappa shape index (κ2) is 7.12. The summed E-state index contributed by atoms with van der Waals surface area (Å²) in [7, 11) is 0. The molecule has 0 atom stereocenters. The van der Waals surface area contributed by atoms with Crippen LogP contribution in [0.15, 0.2) is 24.3 Å². The third-order valence-electron chi connectivity index (χ3n) is 4.78. The molecule has 2 heteroatoms. The summed E-state index contributed by atoms with van der Waals surface area (Å²) in [4.78, 5) is 2.56. The molecule has 0 aromatic heterocycles. The molecular weight excluding hydrogens is 244 g/mol. The van der Waals surface area contributed by atoms with Crippen LogP contribution in [0.4, 0.5) is 5.69 Å². The van der Waals surface area contributed by atoms with Crippen LogP contribution in [-0.4, -0.2) is 24.0 Å². The summed E-state index contributed by atoms with van der Waals surface area (Å²) in [5, 5.41) is 3.73. The van der Waals surface area contributed by atoms with Gasteiger partial charge in [-0.2, -0.15) is 0 Å². The highest BCUT2D eigenvalue weighted by Crippen LogP contribution is 2.22. The van der Waals surface area contributed by atoms with Gasteiger partial charge in [0, 0.05) is 18.3 Å². The highest BCUT2D eigenvalue weighted by molar-refractivity contribution is 5.45. The Morgan fingerprint density at radius 3 is 2.15 bits per heavy atom. The lowest BCUT2D eigenvalue weighted by Gasteiger charge is -2.19. The van der Waals surface area contributed by atoms with Gasteiger partial charge in [0.15, 0.2) is 0 Å². The molecule has 0 radical (unpaired) electrons. The Morgan fingerprint density at radius 2 is 1.50 bits per heavy atom. The van der Waals surface area contributed by atoms with Gasteiger partial charge in [-0.15, -0.1) is 0 Å².